The predicted octanol–water partition coefficient (Wildman–Crippen LogP) is 6.08. The highest BCUT2D eigenvalue weighted by atomic mass is 31.1. The first-order valence-electron chi connectivity index (χ1n) is 9.72. The van der Waals surface area contributed by atoms with Crippen molar-refractivity contribution < 1.29 is 23.8 Å². The molecule has 0 fully saturated rings. The minimum atomic E-state index is -2.83. The maximum atomic E-state index is 12.5. The van der Waals surface area contributed by atoms with E-state index >= 15 is 0 Å². The van der Waals surface area contributed by atoms with E-state index in [9.17, 15) is 14.8 Å². The fraction of sp³-hybridized carbons (Fsp3) is 0.333. The standard InChI is InChI=1S/C24H30O5P/c1-17(21-13-9-7-10-14-21)19(3)23(5,25)28-30(27)29-24(6,26)20(4)18(2)22-15-11-8-12-16-22/h7-16,25-26H,1-6H3/q+1/b19-17+,20-18+/t23-,24-/m0/s1. The van der Waals surface area contributed by atoms with E-state index in [1.165, 1.54) is 13.8 Å². The summed E-state index contributed by atoms with van der Waals surface area (Å²) in [7, 11) is -2.83. The van der Waals surface area contributed by atoms with Crippen molar-refractivity contribution in [2.75, 3.05) is 0 Å². The summed E-state index contributed by atoms with van der Waals surface area (Å²) in [6.45, 7) is 9.91. The van der Waals surface area contributed by atoms with E-state index in [4.69, 9.17) is 9.05 Å². The molecule has 0 radical (unpaired) electrons. The van der Waals surface area contributed by atoms with Gasteiger partial charge in [0, 0.05) is 4.57 Å². The maximum absolute atomic E-state index is 12.5. The Bertz CT molecular complexity index is 867. The molecule has 0 heterocycles. The van der Waals surface area contributed by atoms with E-state index in [1.54, 1.807) is 13.8 Å². The molecule has 0 saturated heterocycles. The average molecular weight is 429 g/mol. The summed E-state index contributed by atoms with van der Waals surface area (Å²) in [6, 6.07) is 19.0. The van der Waals surface area contributed by atoms with E-state index in [1.807, 2.05) is 74.5 Å². The van der Waals surface area contributed by atoms with Crippen molar-refractivity contribution in [2.45, 2.75) is 53.1 Å². The van der Waals surface area contributed by atoms with Crippen molar-refractivity contribution in [3.63, 3.8) is 0 Å². The van der Waals surface area contributed by atoms with Crippen LogP contribution in [0.1, 0.15) is 52.7 Å². The Morgan fingerprint density at radius 1 is 0.700 bits per heavy atom. The van der Waals surface area contributed by atoms with Crippen molar-refractivity contribution in [3.05, 3.63) is 82.9 Å². The Morgan fingerprint density at radius 2 is 1.00 bits per heavy atom. The number of hydrogen-bond donors (Lipinski definition) is 2. The third kappa shape index (κ3) is 5.94. The molecule has 0 amide bonds. The summed E-state index contributed by atoms with van der Waals surface area (Å²) < 4.78 is 23.2. The van der Waals surface area contributed by atoms with Gasteiger partial charge in [0.25, 0.3) is 0 Å². The highest BCUT2D eigenvalue weighted by Crippen LogP contribution is 2.41. The molecule has 0 unspecified atom stereocenters. The Balaban J connectivity index is 2.18. The quantitative estimate of drug-likeness (QED) is 0.393. The first-order chi connectivity index (χ1) is 14.0. The van der Waals surface area contributed by atoms with Crippen molar-refractivity contribution >= 4 is 19.4 Å². The highest BCUT2D eigenvalue weighted by molar-refractivity contribution is 7.33. The van der Waals surface area contributed by atoms with Gasteiger partial charge in [0.15, 0.2) is 0 Å². The Morgan fingerprint density at radius 3 is 1.30 bits per heavy atom. The van der Waals surface area contributed by atoms with Crippen LogP contribution in [-0.4, -0.2) is 21.8 Å². The largest absolute Gasteiger partial charge is 0.704 e. The number of allylic oxidation sites excluding steroid dienone is 2. The summed E-state index contributed by atoms with van der Waals surface area (Å²) in [6.07, 6.45) is 0. The molecule has 2 N–H and O–H groups in total. The molecule has 0 aliphatic carbocycles. The fourth-order valence-electron chi connectivity index (χ4n) is 2.95. The van der Waals surface area contributed by atoms with Gasteiger partial charge in [0.1, 0.15) is 0 Å². The lowest BCUT2D eigenvalue weighted by atomic mass is 9.98. The van der Waals surface area contributed by atoms with Crippen LogP contribution >= 0.6 is 8.25 Å². The lowest BCUT2D eigenvalue weighted by Gasteiger charge is -2.23. The highest BCUT2D eigenvalue weighted by Gasteiger charge is 2.44. The molecule has 0 aliphatic heterocycles. The molecular formula is C24H30O5P+. The molecule has 2 aromatic carbocycles. The topological polar surface area (TPSA) is 76.0 Å². The van der Waals surface area contributed by atoms with Gasteiger partial charge in [-0.15, -0.1) is 0 Å². The van der Waals surface area contributed by atoms with Crippen LogP contribution in [0.15, 0.2) is 71.8 Å². The smallest absolute Gasteiger partial charge is 0.359 e. The zero-order chi connectivity index (χ0) is 22.5. The van der Waals surface area contributed by atoms with Crippen LogP contribution in [0.2, 0.25) is 0 Å². The zero-order valence-corrected chi connectivity index (χ0v) is 19.2. The van der Waals surface area contributed by atoms with Gasteiger partial charge in [-0.05, 0) is 75.0 Å². The molecule has 0 aliphatic rings. The van der Waals surface area contributed by atoms with Crippen LogP contribution in [0.4, 0.5) is 0 Å². The Kier molecular flexibility index (Phi) is 7.87. The van der Waals surface area contributed by atoms with Gasteiger partial charge >= 0.3 is 8.25 Å². The van der Waals surface area contributed by atoms with Gasteiger partial charge in [0.2, 0.25) is 11.6 Å². The molecule has 160 valence electrons. The molecule has 2 aromatic rings. The van der Waals surface area contributed by atoms with Crippen molar-refractivity contribution in [2.24, 2.45) is 0 Å². The lowest BCUT2D eigenvalue weighted by molar-refractivity contribution is -0.126. The van der Waals surface area contributed by atoms with E-state index in [0.717, 1.165) is 22.3 Å². The minimum Gasteiger partial charge on any atom is -0.359 e. The summed E-state index contributed by atoms with van der Waals surface area (Å²) in [5.74, 6) is -3.68. The second kappa shape index (κ2) is 9.78. The van der Waals surface area contributed by atoms with Gasteiger partial charge in [0.05, 0.1) is 0 Å². The van der Waals surface area contributed by atoms with E-state index < -0.39 is 19.8 Å². The van der Waals surface area contributed by atoms with E-state index in [2.05, 4.69) is 0 Å². The Labute approximate surface area is 179 Å². The van der Waals surface area contributed by atoms with Crippen LogP contribution < -0.4 is 0 Å². The summed E-state index contributed by atoms with van der Waals surface area (Å²) in [4.78, 5) is 0. The minimum absolute atomic E-state index is 0.494. The van der Waals surface area contributed by atoms with Crippen LogP contribution in [0.3, 0.4) is 0 Å². The summed E-state index contributed by atoms with van der Waals surface area (Å²) in [5, 5.41) is 21.5. The number of benzene rings is 2. The summed E-state index contributed by atoms with van der Waals surface area (Å²) in [5.41, 5.74) is 4.41. The molecule has 0 saturated carbocycles. The van der Waals surface area contributed by atoms with Crippen molar-refractivity contribution in [1.29, 1.82) is 0 Å². The zero-order valence-electron chi connectivity index (χ0n) is 18.3. The number of hydrogen-bond acceptors (Lipinski definition) is 5. The van der Waals surface area contributed by atoms with Gasteiger partial charge in [-0.3, -0.25) is 0 Å². The fourth-order valence-corrected chi connectivity index (χ4v) is 3.84. The second-order valence-corrected chi connectivity index (χ2v) is 8.42. The first-order valence-corrected chi connectivity index (χ1v) is 10.8. The van der Waals surface area contributed by atoms with Gasteiger partial charge in [-0.2, -0.15) is 0 Å². The third-order valence-corrected chi connectivity index (χ3v) is 6.44. The molecule has 2 rings (SSSR count). The molecule has 0 spiro atoms. The van der Waals surface area contributed by atoms with Crippen LogP contribution in [-0.2, 0) is 13.6 Å². The number of aliphatic hydroxyl groups is 2. The number of rotatable bonds is 8. The van der Waals surface area contributed by atoms with E-state index in [0.29, 0.717) is 11.1 Å². The van der Waals surface area contributed by atoms with Crippen molar-refractivity contribution in [1.82, 2.24) is 0 Å². The van der Waals surface area contributed by atoms with Crippen LogP contribution in [0.25, 0.3) is 11.1 Å². The monoisotopic (exact) mass is 429 g/mol. The lowest BCUT2D eigenvalue weighted by Crippen LogP contribution is -2.31. The van der Waals surface area contributed by atoms with Crippen LogP contribution in [0.5, 0.6) is 0 Å². The molecule has 2 atom stereocenters. The second-order valence-electron chi connectivity index (χ2n) is 7.60. The first kappa shape index (κ1) is 24.1. The molecule has 5 nitrogen and oxygen atoms in total. The van der Waals surface area contributed by atoms with Gasteiger partial charge < -0.3 is 10.2 Å². The SMILES string of the molecule is C/C(=C(/C)[C@@](C)(O)O[P+](=O)O[C@](C)(O)/C(C)=C(\C)c1ccccc1)c1ccccc1. The normalized spacial score (nSPS) is 17.9. The molecule has 30 heavy (non-hydrogen) atoms. The van der Waals surface area contributed by atoms with Crippen LogP contribution in [0, 0.1) is 0 Å². The average Bonchev–Trinajstić information content (AvgIpc) is 2.71. The Hall–Kier alpha value is -2.14. The van der Waals surface area contributed by atoms with E-state index in [-0.39, 0.29) is 0 Å². The van der Waals surface area contributed by atoms with Gasteiger partial charge in [-0.1, -0.05) is 69.7 Å². The molecule has 6 heteroatoms. The van der Waals surface area contributed by atoms with Gasteiger partial charge in [-0.25, -0.2) is 0 Å². The maximum Gasteiger partial charge on any atom is 0.704 e. The van der Waals surface area contributed by atoms with Crippen molar-refractivity contribution in [3.8, 4) is 0 Å². The third-order valence-electron chi connectivity index (χ3n) is 5.43. The molecule has 0 bridgehead atoms. The predicted molar refractivity (Wildman–Crippen MR) is 120 cm³/mol. The molecule has 0 aromatic heterocycles. The summed E-state index contributed by atoms with van der Waals surface area (Å²) >= 11 is 0. The molecular weight excluding hydrogens is 399 g/mol.